The van der Waals surface area contributed by atoms with Crippen LogP contribution in [0.2, 0.25) is 0 Å². The van der Waals surface area contributed by atoms with Crippen molar-refractivity contribution >= 4 is 17.3 Å². The van der Waals surface area contributed by atoms with Crippen molar-refractivity contribution in [3.63, 3.8) is 0 Å². The zero-order valence-electron chi connectivity index (χ0n) is 16.5. The van der Waals surface area contributed by atoms with Crippen molar-refractivity contribution < 1.29 is 4.79 Å². The van der Waals surface area contributed by atoms with E-state index in [1.807, 2.05) is 65.6 Å². The second kappa shape index (κ2) is 7.84. The molecule has 0 spiro atoms. The molecule has 0 unspecified atom stereocenters. The van der Waals surface area contributed by atoms with Crippen LogP contribution in [-0.4, -0.2) is 10.9 Å². The smallest absolute Gasteiger partial charge is 0.261 e. The second-order valence-electron chi connectivity index (χ2n) is 7.35. The quantitative estimate of drug-likeness (QED) is 0.487. The Balaban J connectivity index is 1.37. The van der Waals surface area contributed by atoms with Gasteiger partial charge in [0.15, 0.2) is 0 Å². The molecule has 1 N–H and O–H groups in total. The molecule has 3 aromatic carbocycles. The summed E-state index contributed by atoms with van der Waals surface area (Å²) < 4.78 is 0. The summed E-state index contributed by atoms with van der Waals surface area (Å²) in [7, 11) is 0. The third-order valence-electron chi connectivity index (χ3n) is 5.46. The Kier molecular flexibility index (Phi) is 4.74. The molecule has 4 nitrogen and oxygen atoms in total. The Hall–Kier alpha value is -3.92. The van der Waals surface area contributed by atoms with Crippen LogP contribution >= 0.6 is 0 Å². The number of carbonyl (C=O) groups is 1. The lowest BCUT2D eigenvalue weighted by Gasteiger charge is -2.16. The van der Waals surface area contributed by atoms with Crippen LogP contribution < -0.4 is 10.2 Å². The van der Waals surface area contributed by atoms with E-state index < -0.39 is 0 Å². The molecule has 146 valence electrons. The molecule has 1 amide bonds. The number of anilines is 2. The number of nitrogens with one attached hydrogen (secondary N) is 1. The highest BCUT2D eigenvalue weighted by Gasteiger charge is 2.30. The average Bonchev–Trinajstić information content (AvgIpc) is 3.16. The molecule has 4 aromatic rings. The first-order valence-electron chi connectivity index (χ1n) is 10.0. The van der Waals surface area contributed by atoms with Crippen molar-refractivity contribution in [2.75, 3.05) is 10.2 Å². The molecule has 5 rings (SSSR count). The summed E-state index contributed by atoms with van der Waals surface area (Å²) in [4.78, 5) is 19.2. The first-order chi connectivity index (χ1) is 14.8. The summed E-state index contributed by atoms with van der Waals surface area (Å²) in [6.07, 6.45) is 3.55. The average molecular weight is 391 g/mol. The number of carbonyl (C=O) groups excluding carboxylic acids is 1. The standard InChI is InChI=1S/C26H21N3O/c30-26-25-22(7-4-8-24(25)28-17-19-13-15-27-16-14-19)18-29(26)23-11-9-21(10-12-23)20-5-2-1-3-6-20/h1-16,28H,17-18H2. The van der Waals surface area contributed by atoms with Crippen molar-refractivity contribution in [2.45, 2.75) is 13.1 Å². The molecule has 1 aromatic heterocycles. The Bertz CT molecular complexity index is 1170. The predicted octanol–water partition coefficient (Wildman–Crippen LogP) is 5.52. The highest BCUT2D eigenvalue weighted by molar-refractivity contribution is 6.13. The van der Waals surface area contributed by atoms with Crippen LogP contribution in [0.25, 0.3) is 11.1 Å². The minimum absolute atomic E-state index is 0.0373. The molecule has 4 heteroatoms. The molecular formula is C26H21N3O. The monoisotopic (exact) mass is 391 g/mol. The molecule has 1 aliphatic rings. The molecule has 0 bridgehead atoms. The van der Waals surface area contributed by atoms with Crippen LogP contribution in [0.4, 0.5) is 11.4 Å². The van der Waals surface area contributed by atoms with E-state index in [0.29, 0.717) is 13.1 Å². The maximum absolute atomic E-state index is 13.3. The van der Waals surface area contributed by atoms with E-state index in [-0.39, 0.29) is 5.91 Å². The van der Waals surface area contributed by atoms with Gasteiger partial charge in [-0.3, -0.25) is 9.78 Å². The molecule has 30 heavy (non-hydrogen) atoms. The van der Waals surface area contributed by atoms with E-state index in [1.54, 1.807) is 12.4 Å². The number of aromatic nitrogens is 1. The van der Waals surface area contributed by atoms with Gasteiger partial charge in [-0.15, -0.1) is 0 Å². The lowest BCUT2D eigenvalue weighted by Crippen LogP contribution is -2.23. The van der Waals surface area contributed by atoms with Crippen LogP contribution in [0.5, 0.6) is 0 Å². The van der Waals surface area contributed by atoms with Crippen molar-refractivity contribution in [1.29, 1.82) is 0 Å². The van der Waals surface area contributed by atoms with Gasteiger partial charge < -0.3 is 10.2 Å². The zero-order valence-corrected chi connectivity index (χ0v) is 16.5. The topological polar surface area (TPSA) is 45.2 Å². The molecular weight excluding hydrogens is 370 g/mol. The summed E-state index contributed by atoms with van der Waals surface area (Å²) in [5, 5.41) is 3.42. The summed E-state index contributed by atoms with van der Waals surface area (Å²) in [6.45, 7) is 1.24. The SMILES string of the molecule is O=C1c2c(cccc2NCc2ccncc2)CN1c1ccc(-c2ccccc2)cc1. The zero-order chi connectivity index (χ0) is 20.3. The van der Waals surface area contributed by atoms with Gasteiger partial charge in [0.25, 0.3) is 5.91 Å². The van der Waals surface area contributed by atoms with Crippen LogP contribution in [0.3, 0.4) is 0 Å². The summed E-state index contributed by atoms with van der Waals surface area (Å²) in [6, 6.07) is 28.4. The van der Waals surface area contributed by atoms with Gasteiger partial charge in [-0.05, 0) is 52.6 Å². The van der Waals surface area contributed by atoms with Crippen LogP contribution in [-0.2, 0) is 13.1 Å². The molecule has 1 aliphatic heterocycles. The number of hydrogen-bond acceptors (Lipinski definition) is 3. The fourth-order valence-electron chi connectivity index (χ4n) is 3.88. The minimum Gasteiger partial charge on any atom is -0.380 e. The number of nitrogens with zero attached hydrogens (tertiary/aromatic N) is 2. The maximum Gasteiger partial charge on any atom is 0.261 e. The van der Waals surface area contributed by atoms with E-state index >= 15 is 0 Å². The summed E-state index contributed by atoms with van der Waals surface area (Å²) in [5.74, 6) is 0.0373. The van der Waals surface area contributed by atoms with E-state index in [0.717, 1.165) is 33.6 Å². The van der Waals surface area contributed by atoms with Gasteiger partial charge in [-0.25, -0.2) is 0 Å². The lowest BCUT2D eigenvalue weighted by atomic mass is 10.1. The van der Waals surface area contributed by atoms with Crippen molar-refractivity contribution in [3.8, 4) is 11.1 Å². The second-order valence-corrected chi connectivity index (χ2v) is 7.35. The molecule has 2 heterocycles. The highest BCUT2D eigenvalue weighted by atomic mass is 16.2. The van der Waals surface area contributed by atoms with Gasteiger partial charge in [0.05, 0.1) is 12.1 Å². The Morgan fingerprint density at radius 3 is 2.30 bits per heavy atom. The molecule has 0 saturated heterocycles. The fourth-order valence-corrected chi connectivity index (χ4v) is 3.88. The largest absolute Gasteiger partial charge is 0.380 e. The number of benzene rings is 3. The third kappa shape index (κ3) is 3.44. The van der Waals surface area contributed by atoms with Gasteiger partial charge in [-0.2, -0.15) is 0 Å². The van der Waals surface area contributed by atoms with Gasteiger partial charge >= 0.3 is 0 Å². The molecule has 0 radical (unpaired) electrons. The third-order valence-corrected chi connectivity index (χ3v) is 5.46. The van der Waals surface area contributed by atoms with Crippen LogP contribution in [0, 0.1) is 0 Å². The van der Waals surface area contributed by atoms with Crippen molar-refractivity contribution in [2.24, 2.45) is 0 Å². The number of fused-ring (bicyclic) bond motifs is 1. The van der Waals surface area contributed by atoms with Crippen LogP contribution in [0.1, 0.15) is 21.5 Å². The van der Waals surface area contributed by atoms with Gasteiger partial charge in [0.1, 0.15) is 0 Å². The van der Waals surface area contributed by atoms with E-state index in [4.69, 9.17) is 0 Å². The van der Waals surface area contributed by atoms with Gasteiger partial charge in [-0.1, -0.05) is 54.6 Å². The Morgan fingerprint density at radius 1 is 0.800 bits per heavy atom. The minimum atomic E-state index is 0.0373. The van der Waals surface area contributed by atoms with E-state index in [9.17, 15) is 4.79 Å². The number of amides is 1. The van der Waals surface area contributed by atoms with Crippen LogP contribution in [0.15, 0.2) is 97.3 Å². The summed E-state index contributed by atoms with van der Waals surface area (Å²) in [5.41, 5.74) is 7.03. The molecule has 0 fully saturated rings. The van der Waals surface area contributed by atoms with Gasteiger partial charge in [0.2, 0.25) is 0 Å². The normalized spacial score (nSPS) is 12.7. The van der Waals surface area contributed by atoms with E-state index in [2.05, 4.69) is 34.6 Å². The number of rotatable bonds is 5. The lowest BCUT2D eigenvalue weighted by molar-refractivity contribution is 0.0997. The number of pyridine rings is 1. The van der Waals surface area contributed by atoms with Gasteiger partial charge in [0, 0.05) is 30.3 Å². The maximum atomic E-state index is 13.3. The number of hydrogen-bond donors (Lipinski definition) is 1. The Morgan fingerprint density at radius 2 is 1.53 bits per heavy atom. The predicted molar refractivity (Wildman–Crippen MR) is 120 cm³/mol. The first-order valence-corrected chi connectivity index (χ1v) is 10.0. The molecule has 0 saturated carbocycles. The van der Waals surface area contributed by atoms with E-state index in [1.165, 1.54) is 5.56 Å². The summed E-state index contributed by atoms with van der Waals surface area (Å²) >= 11 is 0. The van der Waals surface area contributed by atoms with Crippen molar-refractivity contribution in [3.05, 3.63) is 114 Å². The Labute approximate surface area is 175 Å². The van der Waals surface area contributed by atoms with Crippen molar-refractivity contribution in [1.82, 2.24) is 4.98 Å². The highest BCUT2D eigenvalue weighted by Crippen LogP contribution is 2.34. The first kappa shape index (κ1) is 18.1. The molecule has 0 aliphatic carbocycles. The molecule has 0 atom stereocenters. The fraction of sp³-hybridized carbons (Fsp3) is 0.0769.